The lowest BCUT2D eigenvalue weighted by Crippen LogP contribution is -2.41. The molecular weight excluding hydrogens is 232 g/mol. The lowest BCUT2D eigenvalue weighted by molar-refractivity contribution is 0.148. The Morgan fingerprint density at radius 2 is 2.35 bits per heavy atom. The fraction of sp³-hybridized carbons (Fsp3) is 0.692. The van der Waals surface area contributed by atoms with Gasteiger partial charge in [-0.25, -0.2) is 0 Å². The number of ether oxygens (including phenoxy) is 1. The highest BCUT2D eigenvalue weighted by Gasteiger charge is 2.27. The van der Waals surface area contributed by atoms with Crippen LogP contribution in [0.4, 0.5) is 0 Å². The maximum absolute atomic E-state index is 6.05. The van der Waals surface area contributed by atoms with Crippen molar-refractivity contribution in [1.82, 2.24) is 4.90 Å². The summed E-state index contributed by atoms with van der Waals surface area (Å²) in [6, 6.07) is 5.07. The average Bonchev–Trinajstić information content (AvgIpc) is 2.90. The lowest BCUT2D eigenvalue weighted by Gasteiger charge is -2.29. The van der Waals surface area contributed by atoms with E-state index in [1.807, 2.05) is 11.3 Å². The summed E-state index contributed by atoms with van der Waals surface area (Å²) >= 11 is 1.82. The first-order valence-electron chi connectivity index (χ1n) is 6.26. The van der Waals surface area contributed by atoms with E-state index < -0.39 is 0 Å². The van der Waals surface area contributed by atoms with Crippen LogP contribution in [0.3, 0.4) is 0 Å². The van der Waals surface area contributed by atoms with Gasteiger partial charge >= 0.3 is 0 Å². The molecular formula is C13H22N2OS. The zero-order valence-corrected chi connectivity index (χ0v) is 11.5. The standard InChI is InChI=1S/C13H22N2OS/c1-10(2)15(7-12-4-3-5-17-12)6-11-8-16-9-13(11)14/h3-5,10-11,13H,6-9,14H2,1-2H3. The Morgan fingerprint density at radius 1 is 1.53 bits per heavy atom. The molecule has 2 N–H and O–H groups in total. The van der Waals surface area contributed by atoms with Crippen LogP contribution >= 0.6 is 11.3 Å². The zero-order chi connectivity index (χ0) is 12.3. The number of rotatable bonds is 5. The van der Waals surface area contributed by atoms with Gasteiger partial charge in [0.05, 0.1) is 13.2 Å². The second-order valence-corrected chi connectivity index (χ2v) is 6.10. The molecule has 1 aromatic rings. The largest absolute Gasteiger partial charge is 0.379 e. The monoisotopic (exact) mass is 254 g/mol. The van der Waals surface area contributed by atoms with E-state index in [9.17, 15) is 0 Å². The molecule has 0 saturated carbocycles. The number of hydrogen-bond donors (Lipinski definition) is 1. The van der Waals surface area contributed by atoms with Gasteiger partial charge in [-0.1, -0.05) is 6.07 Å². The third-order valence-corrected chi connectivity index (χ3v) is 4.25. The molecule has 96 valence electrons. The molecule has 0 bridgehead atoms. The molecule has 1 fully saturated rings. The van der Waals surface area contributed by atoms with E-state index in [1.165, 1.54) is 4.88 Å². The van der Waals surface area contributed by atoms with Gasteiger partial charge in [-0.15, -0.1) is 11.3 Å². The first-order chi connectivity index (χ1) is 8.16. The van der Waals surface area contributed by atoms with E-state index in [0.717, 1.165) is 26.3 Å². The van der Waals surface area contributed by atoms with Gasteiger partial charge in [0.1, 0.15) is 0 Å². The van der Waals surface area contributed by atoms with E-state index in [-0.39, 0.29) is 6.04 Å². The van der Waals surface area contributed by atoms with Gasteiger partial charge in [0.15, 0.2) is 0 Å². The Morgan fingerprint density at radius 3 is 2.88 bits per heavy atom. The Bertz CT molecular complexity index is 326. The molecule has 2 atom stereocenters. The predicted molar refractivity (Wildman–Crippen MR) is 72.1 cm³/mol. The van der Waals surface area contributed by atoms with Crippen LogP contribution in [0.1, 0.15) is 18.7 Å². The van der Waals surface area contributed by atoms with Gasteiger partial charge < -0.3 is 10.5 Å². The summed E-state index contributed by atoms with van der Waals surface area (Å²) in [4.78, 5) is 3.91. The number of nitrogens with zero attached hydrogens (tertiary/aromatic N) is 1. The second-order valence-electron chi connectivity index (χ2n) is 5.06. The van der Waals surface area contributed by atoms with Crippen molar-refractivity contribution in [2.24, 2.45) is 11.7 Å². The third-order valence-electron chi connectivity index (χ3n) is 3.39. The van der Waals surface area contributed by atoms with Crippen molar-refractivity contribution in [2.45, 2.75) is 32.5 Å². The number of thiophene rings is 1. The van der Waals surface area contributed by atoms with Gasteiger partial charge in [0.2, 0.25) is 0 Å². The highest BCUT2D eigenvalue weighted by molar-refractivity contribution is 7.09. The van der Waals surface area contributed by atoms with Crippen molar-refractivity contribution < 1.29 is 4.74 Å². The zero-order valence-electron chi connectivity index (χ0n) is 10.6. The molecule has 1 aromatic heterocycles. The molecule has 0 radical (unpaired) electrons. The van der Waals surface area contributed by atoms with E-state index in [0.29, 0.717) is 12.0 Å². The third kappa shape index (κ3) is 3.52. The molecule has 2 unspecified atom stereocenters. The van der Waals surface area contributed by atoms with E-state index in [1.54, 1.807) is 0 Å². The van der Waals surface area contributed by atoms with Gasteiger partial charge in [-0.05, 0) is 25.3 Å². The van der Waals surface area contributed by atoms with Gasteiger partial charge in [-0.2, -0.15) is 0 Å². The van der Waals surface area contributed by atoms with E-state index in [2.05, 4.69) is 36.3 Å². The summed E-state index contributed by atoms with van der Waals surface area (Å²) in [5, 5.41) is 2.14. The first-order valence-corrected chi connectivity index (χ1v) is 7.14. The second kappa shape index (κ2) is 5.96. The van der Waals surface area contributed by atoms with Crippen molar-refractivity contribution >= 4 is 11.3 Å². The van der Waals surface area contributed by atoms with Crippen LogP contribution in [0.5, 0.6) is 0 Å². The first kappa shape index (κ1) is 13.0. The van der Waals surface area contributed by atoms with Gasteiger partial charge in [-0.3, -0.25) is 4.90 Å². The molecule has 0 aliphatic carbocycles. The summed E-state index contributed by atoms with van der Waals surface area (Å²) in [5.74, 6) is 0.484. The SMILES string of the molecule is CC(C)N(Cc1cccs1)CC1COCC1N. The summed E-state index contributed by atoms with van der Waals surface area (Å²) in [5.41, 5.74) is 6.05. The highest BCUT2D eigenvalue weighted by Crippen LogP contribution is 2.19. The minimum atomic E-state index is 0.208. The molecule has 0 spiro atoms. The van der Waals surface area contributed by atoms with Crippen LogP contribution < -0.4 is 5.73 Å². The maximum atomic E-state index is 6.05. The normalized spacial score (nSPS) is 25.0. The minimum absolute atomic E-state index is 0.208. The van der Waals surface area contributed by atoms with Crippen LogP contribution in [0.25, 0.3) is 0 Å². The molecule has 17 heavy (non-hydrogen) atoms. The molecule has 1 aliphatic heterocycles. The molecule has 4 heteroatoms. The molecule has 1 aliphatic rings. The van der Waals surface area contributed by atoms with Crippen molar-refractivity contribution in [2.75, 3.05) is 19.8 Å². The lowest BCUT2D eigenvalue weighted by atomic mass is 10.0. The molecule has 1 saturated heterocycles. The summed E-state index contributed by atoms with van der Waals surface area (Å²) in [6.07, 6.45) is 0. The molecule has 2 heterocycles. The van der Waals surface area contributed by atoms with E-state index in [4.69, 9.17) is 10.5 Å². The Labute approximate surface area is 108 Å². The Balaban J connectivity index is 1.93. The van der Waals surface area contributed by atoms with Crippen molar-refractivity contribution in [3.8, 4) is 0 Å². The summed E-state index contributed by atoms with van der Waals surface area (Å²) in [7, 11) is 0. The maximum Gasteiger partial charge on any atom is 0.0621 e. The van der Waals surface area contributed by atoms with Crippen molar-refractivity contribution in [3.63, 3.8) is 0 Å². The van der Waals surface area contributed by atoms with Crippen molar-refractivity contribution in [3.05, 3.63) is 22.4 Å². The highest BCUT2D eigenvalue weighted by atomic mass is 32.1. The average molecular weight is 254 g/mol. The summed E-state index contributed by atoms with van der Waals surface area (Å²) < 4.78 is 5.44. The molecule has 0 aromatic carbocycles. The van der Waals surface area contributed by atoms with Crippen LogP contribution in [0.15, 0.2) is 17.5 Å². The van der Waals surface area contributed by atoms with Crippen molar-refractivity contribution in [1.29, 1.82) is 0 Å². The van der Waals surface area contributed by atoms with Gasteiger partial charge in [0.25, 0.3) is 0 Å². The Hall–Kier alpha value is -0.420. The number of hydrogen-bond acceptors (Lipinski definition) is 4. The Kier molecular flexibility index (Phi) is 4.56. The molecule has 2 rings (SSSR count). The summed E-state index contributed by atoms with van der Waals surface area (Å²) in [6.45, 7) is 8.09. The smallest absolute Gasteiger partial charge is 0.0621 e. The van der Waals surface area contributed by atoms with E-state index >= 15 is 0 Å². The minimum Gasteiger partial charge on any atom is -0.379 e. The van der Waals surface area contributed by atoms with Crippen LogP contribution in [-0.4, -0.2) is 36.7 Å². The quantitative estimate of drug-likeness (QED) is 0.872. The topological polar surface area (TPSA) is 38.5 Å². The van der Waals surface area contributed by atoms with Gasteiger partial charge in [0, 0.05) is 36.0 Å². The molecule has 3 nitrogen and oxygen atoms in total. The fourth-order valence-corrected chi connectivity index (χ4v) is 2.89. The predicted octanol–water partition coefficient (Wildman–Crippen LogP) is 1.93. The number of nitrogens with two attached hydrogens (primary N) is 1. The molecule has 0 amide bonds. The van der Waals surface area contributed by atoms with Crippen LogP contribution in [0.2, 0.25) is 0 Å². The fourth-order valence-electron chi connectivity index (χ4n) is 2.17. The van der Waals surface area contributed by atoms with Crippen LogP contribution in [-0.2, 0) is 11.3 Å². The van der Waals surface area contributed by atoms with Crippen LogP contribution in [0, 0.1) is 5.92 Å².